The molecule has 0 heterocycles. The van der Waals surface area contributed by atoms with Crippen LogP contribution in [0, 0.1) is 0 Å². The minimum absolute atomic E-state index is 0.0137. The number of nitrogens with two attached hydrogens (primary N) is 1. The molecule has 2 atom stereocenters. The summed E-state index contributed by atoms with van der Waals surface area (Å²) in [6.45, 7) is 0. The van der Waals surface area contributed by atoms with Gasteiger partial charge in [0.1, 0.15) is 5.54 Å². The molecule has 1 rings (SSSR count). The maximum atomic E-state index is 10.8. The van der Waals surface area contributed by atoms with Gasteiger partial charge in [-0.2, -0.15) is 0 Å². The van der Waals surface area contributed by atoms with Crippen LogP contribution in [-0.2, 0) is 9.53 Å². The van der Waals surface area contributed by atoms with Gasteiger partial charge in [-0.05, 0) is 19.3 Å². The van der Waals surface area contributed by atoms with Gasteiger partial charge >= 0.3 is 5.97 Å². The molecule has 0 aromatic heterocycles. The van der Waals surface area contributed by atoms with E-state index in [1.54, 1.807) is 7.11 Å². The Labute approximate surface area is 71.7 Å². The van der Waals surface area contributed by atoms with Gasteiger partial charge in [-0.15, -0.1) is 0 Å². The van der Waals surface area contributed by atoms with Crippen molar-refractivity contribution in [1.82, 2.24) is 0 Å². The highest BCUT2D eigenvalue weighted by atomic mass is 16.5. The third-order valence-electron chi connectivity index (χ3n) is 2.50. The molecule has 4 nitrogen and oxygen atoms in total. The lowest BCUT2D eigenvalue weighted by atomic mass is 9.81. The highest BCUT2D eigenvalue weighted by molar-refractivity contribution is 5.78. The van der Waals surface area contributed by atoms with Crippen molar-refractivity contribution in [2.75, 3.05) is 7.11 Å². The zero-order valence-electron chi connectivity index (χ0n) is 7.25. The van der Waals surface area contributed by atoms with Crippen LogP contribution in [0.4, 0.5) is 0 Å². The Balaban J connectivity index is 2.61. The molecule has 0 unspecified atom stereocenters. The molecule has 1 fully saturated rings. The summed E-state index contributed by atoms with van der Waals surface area (Å²) in [5.74, 6) is -0.913. The quantitative estimate of drug-likeness (QED) is 0.632. The number of methoxy groups -OCH3 is 1. The van der Waals surface area contributed by atoms with Crippen LogP contribution in [0.1, 0.15) is 25.7 Å². The summed E-state index contributed by atoms with van der Waals surface area (Å²) in [6.07, 6.45) is 2.75. The average molecular weight is 173 g/mol. The van der Waals surface area contributed by atoms with Gasteiger partial charge in [0.05, 0.1) is 6.10 Å². The van der Waals surface area contributed by atoms with Crippen LogP contribution in [0.3, 0.4) is 0 Å². The zero-order valence-corrected chi connectivity index (χ0v) is 7.25. The molecule has 0 amide bonds. The number of carboxylic acid groups (broad SMARTS) is 1. The fourth-order valence-electron chi connectivity index (χ4n) is 1.65. The topological polar surface area (TPSA) is 72.5 Å². The van der Waals surface area contributed by atoms with E-state index in [0.717, 1.165) is 12.8 Å². The molecule has 0 spiro atoms. The van der Waals surface area contributed by atoms with Crippen LogP contribution < -0.4 is 5.73 Å². The van der Waals surface area contributed by atoms with Gasteiger partial charge in [0, 0.05) is 13.5 Å². The zero-order chi connectivity index (χ0) is 9.19. The van der Waals surface area contributed by atoms with Crippen molar-refractivity contribution in [2.45, 2.75) is 37.3 Å². The Hall–Kier alpha value is -0.610. The van der Waals surface area contributed by atoms with Crippen molar-refractivity contribution in [3.8, 4) is 0 Å². The van der Waals surface area contributed by atoms with Crippen LogP contribution >= 0.6 is 0 Å². The second-order valence-electron chi connectivity index (χ2n) is 3.42. The van der Waals surface area contributed by atoms with Gasteiger partial charge < -0.3 is 15.6 Å². The van der Waals surface area contributed by atoms with E-state index in [4.69, 9.17) is 15.6 Å². The molecular weight excluding hydrogens is 158 g/mol. The number of carboxylic acids is 1. The minimum Gasteiger partial charge on any atom is -0.480 e. The van der Waals surface area contributed by atoms with Crippen LogP contribution in [-0.4, -0.2) is 29.8 Å². The molecule has 0 aromatic rings. The monoisotopic (exact) mass is 173 g/mol. The first-order chi connectivity index (χ1) is 5.58. The average Bonchev–Trinajstić information content (AvgIpc) is 2.04. The Morgan fingerprint density at radius 2 is 2.42 bits per heavy atom. The van der Waals surface area contributed by atoms with Crippen LogP contribution in [0.5, 0.6) is 0 Å². The molecule has 0 saturated heterocycles. The number of aliphatic carboxylic acids is 1. The van der Waals surface area contributed by atoms with Crippen molar-refractivity contribution in [2.24, 2.45) is 5.73 Å². The Morgan fingerprint density at radius 3 is 2.92 bits per heavy atom. The summed E-state index contributed by atoms with van der Waals surface area (Å²) in [7, 11) is 1.60. The van der Waals surface area contributed by atoms with Crippen molar-refractivity contribution < 1.29 is 14.6 Å². The summed E-state index contributed by atoms with van der Waals surface area (Å²) >= 11 is 0. The van der Waals surface area contributed by atoms with E-state index in [0.29, 0.717) is 12.8 Å². The third kappa shape index (κ3) is 1.76. The van der Waals surface area contributed by atoms with Crippen molar-refractivity contribution in [1.29, 1.82) is 0 Å². The summed E-state index contributed by atoms with van der Waals surface area (Å²) < 4.78 is 5.09. The molecule has 1 aliphatic carbocycles. The Morgan fingerprint density at radius 1 is 1.75 bits per heavy atom. The lowest BCUT2D eigenvalue weighted by Gasteiger charge is -2.33. The smallest absolute Gasteiger partial charge is 0.323 e. The fourth-order valence-corrected chi connectivity index (χ4v) is 1.65. The predicted octanol–water partition coefficient (Wildman–Crippen LogP) is 0.357. The van der Waals surface area contributed by atoms with E-state index < -0.39 is 11.5 Å². The molecule has 0 aliphatic heterocycles. The van der Waals surface area contributed by atoms with Crippen LogP contribution in [0.2, 0.25) is 0 Å². The van der Waals surface area contributed by atoms with Crippen molar-refractivity contribution in [3.63, 3.8) is 0 Å². The summed E-state index contributed by atoms with van der Waals surface area (Å²) in [6, 6.07) is 0. The highest BCUT2D eigenvalue weighted by Crippen LogP contribution is 2.27. The molecular formula is C8H15NO3. The Bertz CT molecular complexity index is 183. The molecule has 1 aliphatic rings. The van der Waals surface area contributed by atoms with Gasteiger partial charge in [0.25, 0.3) is 0 Å². The highest BCUT2D eigenvalue weighted by Gasteiger charge is 2.39. The van der Waals surface area contributed by atoms with E-state index in [1.807, 2.05) is 0 Å². The van der Waals surface area contributed by atoms with E-state index in [2.05, 4.69) is 0 Å². The number of rotatable bonds is 2. The molecule has 0 aromatic carbocycles. The molecule has 1 saturated carbocycles. The van der Waals surface area contributed by atoms with Crippen LogP contribution in [0.15, 0.2) is 0 Å². The van der Waals surface area contributed by atoms with E-state index in [1.165, 1.54) is 0 Å². The number of carbonyl (C=O) groups is 1. The van der Waals surface area contributed by atoms with Crippen LogP contribution in [0.25, 0.3) is 0 Å². The number of hydrogen-bond acceptors (Lipinski definition) is 3. The third-order valence-corrected chi connectivity index (χ3v) is 2.50. The van der Waals surface area contributed by atoms with E-state index in [9.17, 15) is 4.79 Å². The van der Waals surface area contributed by atoms with Gasteiger partial charge in [-0.3, -0.25) is 4.79 Å². The van der Waals surface area contributed by atoms with Gasteiger partial charge in [-0.1, -0.05) is 0 Å². The SMILES string of the molecule is CO[C@@H]1CCC[C@](N)(C(=O)O)C1. The Kier molecular flexibility index (Phi) is 2.69. The summed E-state index contributed by atoms with van der Waals surface area (Å²) in [5.41, 5.74) is 4.63. The predicted molar refractivity (Wildman–Crippen MR) is 43.8 cm³/mol. The molecule has 3 N–H and O–H groups in total. The largest absolute Gasteiger partial charge is 0.480 e. The summed E-state index contributed by atoms with van der Waals surface area (Å²) in [4.78, 5) is 10.8. The van der Waals surface area contributed by atoms with Gasteiger partial charge in [0.2, 0.25) is 0 Å². The second kappa shape index (κ2) is 3.41. The van der Waals surface area contributed by atoms with Crippen molar-refractivity contribution >= 4 is 5.97 Å². The lowest BCUT2D eigenvalue weighted by Crippen LogP contribution is -2.52. The molecule has 70 valence electrons. The first-order valence-corrected chi connectivity index (χ1v) is 4.13. The normalized spacial score (nSPS) is 36.3. The van der Waals surface area contributed by atoms with E-state index >= 15 is 0 Å². The van der Waals surface area contributed by atoms with Gasteiger partial charge in [0.15, 0.2) is 0 Å². The van der Waals surface area contributed by atoms with Crippen molar-refractivity contribution in [3.05, 3.63) is 0 Å². The first-order valence-electron chi connectivity index (χ1n) is 4.13. The maximum absolute atomic E-state index is 10.8. The first kappa shape index (κ1) is 9.48. The molecule has 12 heavy (non-hydrogen) atoms. The fraction of sp³-hybridized carbons (Fsp3) is 0.875. The lowest BCUT2D eigenvalue weighted by molar-refractivity contribution is -0.146. The maximum Gasteiger partial charge on any atom is 0.323 e. The second-order valence-corrected chi connectivity index (χ2v) is 3.42. The molecule has 0 radical (unpaired) electrons. The molecule has 4 heteroatoms. The van der Waals surface area contributed by atoms with Gasteiger partial charge in [-0.25, -0.2) is 0 Å². The minimum atomic E-state index is -1.06. The summed E-state index contributed by atoms with van der Waals surface area (Å²) in [5, 5.41) is 8.83. The van der Waals surface area contributed by atoms with E-state index in [-0.39, 0.29) is 6.10 Å². The number of hydrogen-bond donors (Lipinski definition) is 2. The number of ether oxygens (including phenoxy) is 1. The molecule has 0 bridgehead atoms. The standard InChI is InChI=1S/C8H15NO3/c1-12-6-3-2-4-8(9,5-6)7(10)11/h6H,2-5,9H2,1H3,(H,10,11)/t6-,8-/m1/s1.